The zero-order valence-corrected chi connectivity index (χ0v) is 12.7. The molecule has 0 radical (unpaired) electrons. The zero-order valence-electron chi connectivity index (χ0n) is 11.9. The first kappa shape index (κ1) is 17.6. The SMILES string of the molecule is CC(=O)C(=C(C)C)S(=O)(=O)ONC(=O)OC(C)(C)C. The standard InChI is InChI=1S/C11H19NO6S/c1-7(2)9(8(3)13)19(15,16)18-12-10(14)17-11(4,5)6/h1-6H3,(H,12,14). The monoisotopic (exact) mass is 293 g/mol. The van der Waals surface area contributed by atoms with Crippen LogP contribution in [0.4, 0.5) is 4.79 Å². The molecule has 0 atom stereocenters. The molecule has 0 aromatic heterocycles. The lowest BCUT2D eigenvalue weighted by Crippen LogP contribution is -2.34. The van der Waals surface area contributed by atoms with Gasteiger partial charge in [-0.15, -0.1) is 4.28 Å². The van der Waals surface area contributed by atoms with Crippen LogP contribution in [0.2, 0.25) is 0 Å². The number of hydroxylamine groups is 1. The van der Waals surface area contributed by atoms with E-state index in [-0.39, 0.29) is 5.57 Å². The van der Waals surface area contributed by atoms with Crippen molar-refractivity contribution >= 4 is 22.0 Å². The highest BCUT2D eigenvalue weighted by Crippen LogP contribution is 2.15. The van der Waals surface area contributed by atoms with Gasteiger partial charge in [-0.05, 0) is 41.5 Å². The molecule has 0 aliphatic carbocycles. The van der Waals surface area contributed by atoms with E-state index >= 15 is 0 Å². The number of amides is 1. The van der Waals surface area contributed by atoms with Crippen LogP contribution in [0.15, 0.2) is 10.5 Å². The Hall–Kier alpha value is -1.41. The van der Waals surface area contributed by atoms with E-state index in [2.05, 4.69) is 4.28 Å². The smallest absolute Gasteiger partial charge is 0.432 e. The average molecular weight is 293 g/mol. The second-order valence-corrected chi connectivity index (χ2v) is 6.51. The van der Waals surface area contributed by atoms with Crippen molar-refractivity contribution in [1.82, 2.24) is 5.48 Å². The van der Waals surface area contributed by atoms with E-state index in [1.807, 2.05) is 0 Å². The number of nitrogens with one attached hydrogen (secondary N) is 1. The molecule has 110 valence electrons. The van der Waals surface area contributed by atoms with Crippen molar-refractivity contribution in [3.63, 3.8) is 0 Å². The molecule has 0 fully saturated rings. The second-order valence-electron chi connectivity index (χ2n) is 5.03. The van der Waals surface area contributed by atoms with Crippen LogP contribution in [-0.2, 0) is 23.9 Å². The fourth-order valence-electron chi connectivity index (χ4n) is 1.21. The molecule has 0 aromatic carbocycles. The van der Waals surface area contributed by atoms with Crippen molar-refractivity contribution < 1.29 is 27.0 Å². The van der Waals surface area contributed by atoms with Crippen LogP contribution in [-0.4, -0.2) is 25.9 Å². The molecule has 0 spiro atoms. The van der Waals surface area contributed by atoms with E-state index in [4.69, 9.17) is 4.74 Å². The fourth-order valence-corrected chi connectivity index (χ4v) is 2.32. The summed E-state index contributed by atoms with van der Waals surface area (Å²) in [7, 11) is -4.35. The summed E-state index contributed by atoms with van der Waals surface area (Å²) in [5.74, 6) is -0.675. The van der Waals surface area contributed by atoms with Crippen molar-refractivity contribution in [1.29, 1.82) is 0 Å². The van der Waals surface area contributed by atoms with Crippen LogP contribution in [0.5, 0.6) is 0 Å². The summed E-state index contributed by atoms with van der Waals surface area (Å²) >= 11 is 0. The Bertz CT molecular complexity index is 494. The van der Waals surface area contributed by atoms with E-state index in [0.29, 0.717) is 0 Å². The summed E-state index contributed by atoms with van der Waals surface area (Å²) in [5, 5.41) is 0. The Balaban J connectivity index is 4.87. The van der Waals surface area contributed by atoms with Crippen molar-refractivity contribution in [3.05, 3.63) is 10.5 Å². The van der Waals surface area contributed by atoms with Gasteiger partial charge in [0.05, 0.1) is 0 Å². The minimum atomic E-state index is -4.35. The minimum absolute atomic E-state index is 0.262. The lowest BCUT2D eigenvalue weighted by molar-refractivity contribution is -0.113. The van der Waals surface area contributed by atoms with E-state index in [1.165, 1.54) is 13.8 Å². The van der Waals surface area contributed by atoms with Gasteiger partial charge in [-0.1, -0.05) is 5.57 Å². The highest BCUT2D eigenvalue weighted by molar-refractivity contribution is 7.91. The number of rotatable bonds is 4. The van der Waals surface area contributed by atoms with Gasteiger partial charge in [0.25, 0.3) is 0 Å². The van der Waals surface area contributed by atoms with E-state index < -0.39 is 32.5 Å². The molecule has 1 amide bonds. The van der Waals surface area contributed by atoms with Gasteiger partial charge < -0.3 is 4.74 Å². The van der Waals surface area contributed by atoms with Crippen LogP contribution in [0.25, 0.3) is 0 Å². The van der Waals surface area contributed by atoms with E-state index in [1.54, 1.807) is 26.3 Å². The molecule has 0 aromatic rings. The van der Waals surface area contributed by atoms with E-state index in [0.717, 1.165) is 6.92 Å². The summed E-state index contributed by atoms with van der Waals surface area (Å²) in [5.41, 5.74) is 1.10. The average Bonchev–Trinajstić information content (AvgIpc) is 2.09. The maximum Gasteiger partial charge on any atom is 0.432 e. The Morgan fingerprint density at radius 2 is 1.53 bits per heavy atom. The third-order valence-corrected chi connectivity index (χ3v) is 3.16. The largest absolute Gasteiger partial charge is 0.442 e. The van der Waals surface area contributed by atoms with Crippen molar-refractivity contribution in [2.45, 2.75) is 47.1 Å². The van der Waals surface area contributed by atoms with Gasteiger partial charge >= 0.3 is 16.2 Å². The number of allylic oxidation sites excluding steroid dienone is 2. The first-order valence-corrected chi connectivity index (χ1v) is 6.88. The van der Waals surface area contributed by atoms with Gasteiger partial charge in [0.1, 0.15) is 10.5 Å². The molecule has 1 N–H and O–H groups in total. The maximum atomic E-state index is 11.7. The number of carbonyl (C=O) groups excluding carboxylic acids is 2. The fraction of sp³-hybridized carbons (Fsp3) is 0.636. The highest BCUT2D eigenvalue weighted by atomic mass is 32.2. The van der Waals surface area contributed by atoms with Gasteiger partial charge in [-0.2, -0.15) is 13.9 Å². The second kappa shape index (κ2) is 6.16. The number of hydrogen-bond acceptors (Lipinski definition) is 6. The molecule has 0 bridgehead atoms. The highest BCUT2D eigenvalue weighted by Gasteiger charge is 2.27. The first-order chi connectivity index (χ1) is 8.37. The first-order valence-electron chi connectivity index (χ1n) is 5.47. The molecule has 0 aliphatic heterocycles. The molecule has 8 heteroatoms. The Kier molecular flexibility index (Phi) is 5.70. The van der Waals surface area contributed by atoms with Crippen molar-refractivity contribution in [2.24, 2.45) is 0 Å². The molecule has 0 rings (SSSR count). The molecule has 0 saturated heterocycles. The van der Waals surface area contributed by atoms with Crippen LogP contribution in [0.1, 0.15) is 41.5 Å². The Labute approximate surface area is 113 Å². The molecule has 0 aliphatic rings. The summed E-state index contributed by atoms with van der Waals surface area (Å²) < 4.78 is 32.5. The van der Waals surface area contributed by atoms with Gasteiger partial charge in [0.15, 0.2) is 5.78 Å². The molecule has 19 heavy (non-hydrogen) atoms. The summed E-state index contributed by atoms with van der Waals surface area (Å²) in [4.78, 5) is 22.0. The zero-order chi connectivity index (χ0) is 15.4. The lowest BCUT2D eigenvalue weighted by atomic mass is 10.2. The molecule has 0 heterocycles. The van der Waals surface area contributed by atoms with Gasteiger partial charge in [-0.25, -0.2) is 4.79 Å². The third kappa shape index (κ3) is 6.35. The molecule has 0 saturated carbocycles. The summed E-state index contributed by atoms with van der Waals surface area (Å²) in [6.07, 6.45) is -1.06. The van der Waals surface area contributed by atoms with Gasteiger partial charge in [0.2, 0.25) is 0 Å². The van der Waals surface area contributed by atoms with E-state index in [9.17, 15) is 18.0 Å². The predicted octanol–water partition coefficient (Wildman–Crippen LogP) is 1.66. The summed E-state index contributed by atoms with van der Waals surface area (Å²) in [6, 6.07) is 0. The number of Topliss-reactive ketones (excluding diaryl/α,β-unsaturated/α-hetero) is 1. The number of hydrogen-bond donors (Lipinski definition) is 1. The molecular formula is C11H19NO6S. The number of ether oxygens (including phenoxy) is 1. The van der Waals surface area contributed by atoms with Crippen LogP contribution < -0.4 is 5.48 Å². The molecule has 7 nitrogen and oxygen atoms in total. The van der Waals surface area contributed by atoms with Crippen molar-refractivity contribution in [3.8, 4) is 0 Å². The van der Waals surface area contributed by atoms with Crippen LogP contribution in [0.3, 0.4) is 0 Å². The van der Waals surface area contributed by atoms with Gasteiger partial charge in [0, 0.05) is 0 Å². The third-order valence-electron chi connectivity index (χ3n) is 1.66. The normalized spacial score (nSPS) is 11.7. The number of carbonyl (C=O) groups is 2. The van der Waals surface area contributed by atoms with Crippen LogP contribution in [0, 0.1) is 0 Å². The summed E-state index contributed by atoms with van der Waals surface area (Å²) in [6.45, 7) is 8.82. The predicted molar refractivity (Wildman–Crippen MR) is 68.4 cm³/mol. The molecular weight excluding hydrogens is 274 g/mol. The van der Waals surface area contributed by atoms with Crippen LogP contribution >= 0.6 is 0 Å². The van der Waals surface area contributed by atoms with Gasteiger partial charge in [-0.3, -0.25) is 4.79 Å². The number of ketones is 1. The topological polar surface area (TPSA) is 98.8 Å². The maximum absolute atomic E-state index is 11.7. The Morgan fingerprint density at radius 1 is 1.05 bits per heavy atom. The molecule has 0 unspecified atom stereocenters. The van der Waals surface area contributed by atoms with Crippen molar-refractivity contribution in [2.75, 3.05) is 0 Å². The minimum Gasteiger partial charge on any atom is -0.442 e. The Morgan fingerprint density at radius 3 is 1.84 bits per heavy atom. The lowest BCUT2D eigenvalue weighted by Gasteiger charge is -2.19. The quantitative estimate of drug-likeness (QED) is 0.625.